The van der Waals surface area contributed by atoms with Crippen LogP contribution in [0.5, 0.6) is 11.6 Å². The summed E-state index contributed by atoms with van der Waals surface area (Å²) in [5.74, 6) is 1.12. The van der Waals surface area contributed by atoms with Crippen LogP contribution in [0.25, 0.3) is 20.3 Å². The molecule has 4 aromatic rings. The van der Waals surface area contributed by atoms with E-state index in [9.17, 15) is 0 Å². The van der Waals surface area contributed by atoms with Crippen LogP contribution < -0.4 is 10.5 Å². The van der Waals surface area contributed by atoms with E-state index in [1.807, 2.05) is 24.4 Å². The van der Waals surface area contributed by atoms with Crippen molar-refractivity contribution in [2.75, 3.05) is 5.73 Å². The summed E-state index contributed by atoms with van der Waals surface area (Å²) in [6.45, 7) is 2.01. The molecule has 7 heteroatoms. The molecule has 0 fully saturated rings. The highest BCUT2D eigenvalue weighted by Gasteiger charge is 2.14. The normalized spacial score (nSPS) is 11.3. The lowest BCUT2D eigenvalue weighted by Crippen LogP contribution is -1.95. The number of fused-ring (bicyclic) bond motifs is 3. The molecule has 2 N–H and O–H groups in total. The number of aryl methyl sites for hydroxylation is 1. The van der Waals surface area contributed by atoms with Crippen molar-refractivity contribution < 1.29 is 4.74 Å². The van der Waals surface area contributed by atoms with Crippen LogP contribution in [-0.2, 0) is 0 Å². The van der Waals surface area contributed by atoms with Crippen molar-refractivity contribution in [3.8, 4) is 11.6 Å². The number of hydrogen-bond donors (Lipinski definition) is 1. The van der Waals surface area contributed by atoms with Gasteiger partial charge in [0.05, 0.1) is 26.1 Å². The molecule has 0 aliphatic rings. The van der Waals surface area contributed by atoms with E-state index >= 15 is 0 Å². The van der Waals surface area contributed by atoms with Crippen molar-refractivity contribution in [1.82, 2.24) is 15.0 Å². The van der Waals surface area contributed by atoms with Gasteiger partial charge in [0.1, 0.15) is 17.8 Å². The quantitative estimate of drug-likeness (QED) is 0.605. The molecule has 0 radical (unpaired) electrons. The third kappa shape index (κ3) is 2.01. The Hall–Kier alpha value is -2.25. The number of hydrogen-bond acceptors (Lipinski definition) is 7. The summed E-state index contributed by atoms with van der Waals surface area (Å²) < 4.78 is 8.13. The number of nitrogens with two attached hydrogens (primary N) is 1. The fraction of sp³-hybridized carbons (Fsp3) is 0.0714. The molecule has 21 heavy (non-hydrogen) atoms. The van der Waals surface area contributed by atoms with E-state index in [4.69, 9.17) is 10.5 Å². The van der Waals surface area contributed by atoms with E-state index in [1.54, 1.807) is 22.7 Å². The zero-order valence-corrected chi connectivity index (χ0v) is 12.7. The Balaban J connectivity index is 1.94. The Morgan fingerprint density at radius 1 is 1.33 bits per heavy atom. The van der Waals surface area contributed by atoms with Crippen molar-refractivity contribution in [3.05, 3.63) is 35.0 Å². The van der Waals surface area contributed by atoms with E-state index in [0.717, 1.165) is 31.1 Å². The first-order chi connectivity index (χ1) is 10.2. The first-order valence-corrected chi connectivity index (χ1v) is 7.92. The van der Waals surface area contributed by atoms with Gasteiger partial charge in [0.2, 0.25) is 5.88 Å². The van der Waals surface area contributed by atoms with Gasteiger partial charge in [0, 0.05) is 11.5 Å². The average molecular weight is 314 g/mol. The molecule has 0 atom stereocenters. The number of anilines is 1. The topological polar surface area (TPSA) is 73.9 Å². The Bertz CT molecular complexity index is 960. The van der Waals surface area contributed by atoms with Crippen LogP contribution in [0.3, 0.4) is 0 Å². The minimum atomic E-state index is 0.373. The Kier molecular flexibility index (Phi) is 2.76. The molecule has 0 unspecified atom stereocenters. The van der Waals surface area contributed by atoms with Gasteiger partial charge in [-0.15, -0.1) is 22.7 Å². The second kappa shape index (κ2) is 4.64. The molecule has 3 heterocycles. The van der Waals surface area contributed by atoms with Gasteiger partial charge in [0.15, 0.2) is 0 Å². The van der Waals surface area contributed by atoms with Crippen molar-refractivity contribution in [2.24, 2.45) is 0 Å². The molecule has 0 bridgehead atoms. The maximum atomic E-state index is 5.91. The van der Waals surface area contributed by atoms with E-state index in [0.29, 0.717) is 11.6 Å². The van der Waals surface area contributed by atoms with Crippen LogP contribution in [0.4, 0.5) is 5.69 Å². The molecule has 0 aliphatic heterocycles. The van der Waals surface area contributed by atoms with Gasteiger partial charge in [-0.1, -0.05) is 0 Å². The molecule has 0 saturated heterocycles. The number of nitrogen functional groups attached to an aromatic ring is 1. The highest BCUT2D eigenvalue weighted by Crippen LogP contribution is 2.40. The average Bonchev–Trinajstić information content (AvgIpc) is 3.06. The molecular weight excluding hydrogens is 304 g/mol. The fourth-order valence-electron chi connectivity index (χ4n) is 2.19. The van der Waals surface area contributed by atoms with Crippen LogP contribution in [0, 0.1) is 6.92 Å². The number of thiophene rings is 1. The number of nitrogens with zero attached hydrogens (tertiary/aromatic N) is 3. The van der Waals surface area contributed by atoms with Gasteiger partial charge in [-0.2, -0.15) is 4.98 Å². The molecule has 5 nitrogen and oxygen atoms in total. The summed E-state index contributed by atoms with van der Waals surface area (Å²) >= 11 is 3.31. The van der Waals surface area contributed by atoms with Gasteiger partial charge in [-0.3, -0.25) is 0 Å². The third-order valence-electron chi connectivity index (χ3n) is 3.08. The Morgan fingerprint density at radius 3 is 3.10 bits per heavy atom. The molecule has 0 aliphatic carbocycles. The van der Waals surface area contributed by atoms with Gasteiger partial charge >= 0.3 is 0 Å². The second-order valence-corrected chi connectivity index (χ2v) is 6.65. The summed E-state index contributed by atoms with van der Waals surface area (Å²) in [5.41, 5.74) is 7.30. The lowest BCUT2D eigenvalue weighted by atomic mass is 10.2. The lowest BCUT2D eigenvalue weighted by molar-refractivity contribution is 0.470. The fourth-order valence-corrected chi connectivity index (χ4v) is 4.02. The van der Waals surface area contributed by atoms with Gasteiger partial charge in [0.25, 0.3) is 0 Å². The summed E-state index contributed by atoms with van der Waals surface area (Å²) in [6.07, 6.45) is 2.95. The largest absolute Gasteiger partial charge is 0.436 e. The molecule has 0 spiro atoms. The van der Waals surface area contributed by atoms with Crippen LogP contribution in [0.2, 0.25) is 0 Å². The van der Waals surface area contributed by atoms with Crippen molar-refractivity contribution >= 4 is 48.7 Å². The van der Waals surface area contributed by atoms with E-state index < -0.39 is 0 Å². The predicted octanol–water partition coefficient (Wildman–Crippen LogP) is 3.98. The van der Waals surface area contributed by atoms with Crippen molar-refractivity contribution in [2.45, 2.75) is 6.92 Å². The monoisotopic (exact) mass is 314 g/mol. The highest BCUT2D eigenvalue weighted by molar-refractivity contribution is 7.21. The molecule has 1 aromatic carbocycles. The predicted molar refractivity (Wildman–Crippen MR) is 86.3 cm³/mol. The highest BCUT2D eigenvalue weighted by atomic mass is 32.1. The van der Waals surface area contributed by atoms with Crippen molar-refractivity contribution in [1.29, 1.82) is 0 Å². The minimum Gasteiger partial charge on any atom is -0.436 e. The molecule has 4 rings (SSSR count). The maximum Gasteiger partial charge on any atom is 0.245 e. The standard InChI is InChI=1S/C14H10N4OS2/c1-7-18-12-11(21-7)4-10(8-2-3-20-13(8)12)19-14-9(15)5-16-6-17-14/h2-6H,15H2,1H3. The second-order valence-electron chi connectivity index (χ2n) is 4.50. The first kappa shape index (κ1) is 12.5. The van der Waals surface area contributed by atoms with E-state index in [2.05, 4.69) is 15.0 Å². The van der Waals surface area contributed by atoms with Crippen LogP contribution >= 0.6 is 22.7 Å². The SMILES string of the molecule is Cc1nc2c(cc(Oc3ncncc3N)c3ccsc32)s1. The van der Waals surface area contributed by atoms with Crippen LogP contribution in [-0.4, -0.2) is 15.0 Å². The summed E-state index contributed by atoms with van der Waals surface area (Å²) in [6, 6.07) is 4.03. The zero-order valence-electron chi connectivity index (χ0n) is 11.0. The minimum absolute atomic E-state index is 0.373. The molecule has 0 saturated carbocycles. The van der Waals surface area contributed by atoms with Gasteiger partial charge in [-0.25, -0.2) is 9.97 Å². The van der Waals surface area contributed by atoms with Gasteiger partial charge in [-0.05, 0) is 18.4 Å². The molecule has 3 aromatic heterocycles. The first-order valence-electron chi connectivity index (χ1n) is 6.23. The number of rotatable bonds is 2. The third-order valence-corrected chi connectivity index (χ3v) is 4.92. The number of ether oxygens (including phenoxy) is 1. The smallest absolute Gasteiger partial charge is 0.245 e. The number of benzene rings is 1. The van der Waals surface area contributed by atoms with Crippen molar-refractivity contribution in [3.63, 3.8) is 0 Å². The van der Waals surface area contributed by atoms with Gasteiger partial charge < -0.3 is 10.5 Å². The summed E-state index contributed by atoms with van der Waals surface area (Å²) in [7, 11) is 0. The molecule has 0 amide bonds. The number of aromatic nitrogens is 3. The zero-order chi connectivity index (χ0) is 14.4. The van der Waals surface area contributed by atoms with Crippen LogP contribution in [0.15, 0.2) is 30.0 Å². The summed E-state index contributed by atoms with van der Waals surface area (Å²) in [5, 5.41) is 4.10. The lowest BCUT2D eigenvalue weighted by Gasteiger charge is -2.08. The molecular formula is C14H10N4OS2. The molecule has 104 valence electrons. The summed E-state index contributed by atoms with van der Waals surface area (Å²) in [4.78, 5) is 12.6. The Labute approximate surface area is 128 Å². The number of thiazole rings is 1. The van der Waals surface area contributed by atoms with E-state index in [1.165, 1.54) is 12.5 Å². The maximum absolute atomic E-state index is 5.91. The van der Waals surface area contributed by atoms with Crippen LogP contribution in [0.1, 0.15) is 5.01 Å². The Morgan fingerprint density at radius 2 is 2.24 bits per heavy atom. The van der Waals surface area contributed by atoms with E-state index in [-0.39, 0.29) is 0 Å².